The summed E-state index contributed by atoms with van der Waals surface area (Å²) in [6.07, 6.45) is -1.51. The number of alkyl halides is 3. The zero-order valence-corrected chi connectivity index (χ0v) is 19.1. The van der Waals surface area contributed by atoms with Crippen molar-refractivity contribution in [1.29, 1.82) is 0 Å². The average Bonchev–Trinajstić information content (AvgIpc) is 2.99. The van der Waals surface area contributed by atoms with E-state index < -0.39 is 11.7 Å². The van der Waals surface area contributed by atoms with Gasteiger partial charge in [0, 0.05) is 36.4 Å². The van der Waals surface area contributed by atoms with Crippen molar-refractivity contribution in [2.24, 2.45) is 0 Å². The highest BCUT2D eigenvalue weighted by Gasteiger charge is 2.35. The lowest BCUT2D eigenvalue weighted by atomic mass is 10.0. The molecule has 0 saturated carbocycles. The van der Waals surface area contributed by atoms with E-state index in [1.54, 1.807) is 10.9 Å². The standard InChI is InChI=1S/C24H27F3N4O2/c1-15-11-21-19(8-10-33-15)23(16-7-9-28-17(12-16)14-30(2)3)29-31(21)18-5-6-20(24(25,26)27)22(13-18)32-4/h5-7,9,12-13,15H,8,10-11,14H2,1-4H3/t15-/m1/s1. The zero-order chi connectivity index (χ0) is 23.8. The van der Waals surface area contributed by atoms with Crippen molar-refractivity contribution in [2.75, 3.05) is 27.8 Å². The molecule has 0 saturated heterocycles. The molecule has 0 aliphatic carbocycles. The van der Waals surface area contributed by atoms with Crippen molar-refractivity contribution in [1.82, 2.24) is 19.7 Å². The van der Waals surface area contributed by atoms with Crippen LogP contribution < -0.4 is 4.74 Å². The Bertz CT molecular complexity index is 1140. The normalized spacial score (nSPS) is 16.5. The van der Waals surface area contributed by atoms with Crippen LogP contribution in [0.15, 0.2) is 36.5 Å². The topological polar surface area (TPSA) is 52.4 Å². The lowest BCUT2D eigenvalue weighted by molar-refractivity contribution is -0.138. The van der Waals surface area contributed by atoms with Crippen molar-refractivity contribution in [2.45, 2.75) is 38.6 Å². The first-order valence-electron chi connectivity index (χ1n) is 10.8. The highest BCUT2D eigenvalue weighted by molar-refractivity contribution is 5.66. The summed E-state index contributed by atoms with van der Waals surface area (Å²) in [7, 11) is 5.19. The molecule has 0 radical (unpaired) electrons. The van der Waals surface area contributed by atoms with Crippen LogP contribution in [0.5, 0.6) is 5.75 Å². The summed E-state index contributed by atoms with van der Waals surface area (Å²) in [4.78, 5) is 6.48. The Hall–Kier alpha value is -2.91. The van der Waals surface area contributed by atoms with Gasteiger partial charge in [0.15, 0.2) is 0 Å². The van der Waals surface area contributed by atoms with E-state index in [-0.39, 0.29) is 11.9 Å². The third-order valence-electron chi connectivity index (χ3n) is 5.63. The number of aromatic nitrogens is 3. The van der Waals surface area contributed by atoms with Crippen LogP contribution in [0.3, 0.4) is 0 Å². The van der Waals surface area contributed by atoms with Crippen LogP contribution in [0.4, 0.5) is 13.2 Å². The van der Waals surface area contributed by atoms with E-state index in [2.05, 4.69) is 4.98 Å². The number of methoxy groups -OCH3 is 1. The second-order valence-corrected chi connectivity index (χ2v) is 8.48. The monoisotopic (exact) mass is 460 g/mol. The van der Waals surface area contributed by atoms with Crippen LogP contribution in [-0.4, -0.2) is 53.6 Å². The molecule has 0 N–H and O–H groups in total. The molecule has 2 aromatic heterocycles. The average molecular weight is 461 g/mol. The van der Waals surface area contributed by atoms with Gasteiger partial charge in [0.05, 0.1) is 48.2 Å². The van der Waals surface area contributed by atoms with Gasteiger partial charge < -0.3 is 14.4 Å². The van der Waals surface area contributed by atoms with Gasteiger partial charge in [-0.05, 0) is 51.7 Å². The first-order valence-corrected chi connectivity index (χ1v) is 10.8. The Labute approximate surface area is 190 Å². The number of benzene rings is 1. The van der Waals surface area contributed by atoms with E-state index in [4.69, 9.17) is 14.6 Å². The fourth-order valence-electron chi connectivity index (χ4n) is 4.18. The van der Waals surface area contributed by atoms with Gasteiger partial charge in [0.25, 0.3) is 0 Å². The van der Waals surface area contributed by atoms with Crippen LogP contribution in [-0.2, 0) is 30.3 Å². The molecule has 0 amide bonds. The maximum Gasteiger partial charge on any atom is 0.419 e. The number of nitrogens with zero attached hydrogens (tertiary/aromatic N) is 4. The van der Waals surface area contributed by atoms with E-state index in [0.29, 0.717) is 31.7 Å². The number of hydrogen-bond acceptors (Lipinski definition) is 5. The van der Waals surface area contributed by atoms with Gasteiger partial charge >= 0.3 is 6.18 Å². The number of fused-ring (bicyclic) bond motifs is 1. The second-order valence-electron chi connectivity index (χ2n) is 8.48. The molecule has 4 rings (SSSR count). The highest BCUT2D eigenvalue weighted by atomic mass is 19.4. The summed E-state index contributed by atoms with van der Waals surface area (Å²) in [5.74, 6) is -0.235. The summed E-state index contributed by atoms with van der Waals surface area (Å²) in [6, 6.07) is 7.79. The number of hydrogen-bond donors (Lipinski definition) is 0. The zero-order valence-electron chi connectivity index (χ0n) is 19.1. The number of pyridine rings is 1. The molecule has 0 bridgehead atoms. The van der Waals surface area contributed by atoms with E-state index in [0.717, 1.165) is 34.3 Å². The number of ether oxygens (including phenoxy) is 2. The maximum absolute atomic E-state index is 13.4. The van der Waals surface area contributed by atoms with Gasteiger partial charge in [-0.2, -0.15) is 18.3 Å². The molecule has 0 unspecified atom stereocenters. The van der Waals surface area contributed by atoms with Crippen LogP contribution >= 0.6 is 0 Å². The van der Waals surface area contributed by atoms with Crippen LogP contribution in [0, 0.1) is 0 Å². The predicted octanol–water partition coefficient (Wildman–Crippen LogP) is 4.53. The van der Waals surface area contributed by atoms with Crippen LogP contribution in [0.1, 0.15) is 29.4 Å². The molecule has 6 nitrogen and oxygen atoms in total. The summed E-state index contributed by atoms with van der Waals surface area (Å²) in [5, 5.41) is 4.88. The minimum atomic E-state index is -4.50. The Morgan fingerprint density at radius 2 is 2.00 bits per heavy atom. The van der Waals surface area contributed by atoms with Gasteiger partial charge in [-0.15, -0.1) is 0 Å². The van der Waals surface area contributed by atoms with Crippen molar-refractivity contribution >= 4 is 0 Å². The van der Waals surface area contributed by atoms with Crippen molar-refractivity contribution < 1.29 is 22.6 Å². The van der Waals surface area contributed by atoms with E-state index in [1.165, 1.54) is 19.2 Å². The Kier molecular flexibility index (Phi) is 6.45. The van der Waals surface area contributed by atoms with Gasteiger partial charge in [-0.1, -0.05) is 0 Å². The first-order chi connectivity index (χ1) is 15.7. The lowest BCUT2D eigenvalue weighted by Crippen LogP contribution is -2.14. The fourth-order valence-corrected chi connectivity index (χ4v) is 4.18. The SMILES string of the molecule is COc1cc(-n2nc(-c3ccnc(CN(C)C)c3)c3c2C[C@@H](C)OCC3)ccc1C(F)(F)F. The Balaban J connectivity index is 1.86. The van der Waals surface area contributed by atoms with E-state index in [1.807, 2.05) is 38.1 Å². The smallest absolute Gasteiger partial charge is 0.419 e. The molecule has 1 aliphatic rings. The van der Waals surface area contributed by atoms with Crippen molar-refractivity contribution in [3.05, 3.63) is 59.0 Å². The van der Waals surface area contributed by atoms with Crippen LogP contribution in [0.2, 0.25) is 0 Å². The third kappa shape index (κ3) is 4.89. The molecular formula is C24H27F3N4O2. The van der Waals surface area contributed by atoms with E-state index >= 15 is 0 Å². The number of halogens is 3. The summed E-state index contributed by atoms with van der Waals surface area (Å²) < 4.78 is 52.8. The molecule has 1 atom stereocenters. The molecule has 3 heterocycles. The van der Waals surface area contributed by atoms with Gasteiger partial charge in [0.1, 0.15) is 5.75 Å². The van der Waals surface area contributed by atoms with Crippen LogP contribution in [0.25, 0.3) is 16.9 Å². The highest BCUT2D eigenvalue weighted by Crippen LogP contribution is 2.38. The molecule has 0 fully saturated rings. The fraction of sp³-hybridized carbons (Fsp3) is 0.417. The van der Waals surface area contributed by atoms with E-state index in [9.17, 15) is 13.2 Å². The van der Waals surface area contributed by atoms with Gasteiger partial charge in [-0.3, -0.25) is 4.98 Å². The lowest BCUT2D eigenvalue weighted by Gasteiger charge is -2.15. The minimum absolute atomic E-state index is 0.0346. The molecule has 176 valence electrons. The quantitative estimate of drug-likeness (QED) is 0.560. The predicted molar refractivity (Wildman–Crippen MR) is 119 cm³/mol. The molecule has 1 aromatic carbocycles. The second kappa shape index (κ2) is 9.15. The molecule has 9 heteroatoms. The largest absolute Gasteiger partial charge is 0.496 e. The van der Waals surface area contributed by atoms with Crippen molar-refractivity contribution in [3.8, 4) is 22.7 Å². The maximum atomic E-state index is 13.4. The molecule has 0 spiro atoms. The Morgan fingerprint density at radius 1 is 1.21 bits per heavy atom. The first kappa shape index (κ1) is 23.3. The molecule has 3 aromatic rings. The van der Waals surface area contributed by atoms with Gasteiger partial charge in [0.2, 0.25) is 0 Å². The summed E-state index contributed by atoms with van der Waals surface area (Å²) in [6.45, 7) is 3.23. The molecule has 33 heavy (non-hydrogen) atoms. The molecule has 1 aliphatic heterocycles. The summed E-state index contributed by atoms with van der Waals surface area (Å²) >= 11 is 0. The van der Waals surface area contributed by atoms with Crippen molar-refractivity contribution in [3.63, 3.8) is 0 Å². The summed E-state index contributed by atoms with van der Waals surface area (Å²) in [5.41, 5.74) is 4.30. The Morgan fingerprint density at radius 3 is 2.70 bits per heavy atom. The van der Waals surface area contributed by atoms with Gasteiger partial charge in [-0.25, -0.2) is 4.68 Å². The molecular weight excluding hydrogens is 433 g/mol. The number of rotatable bonds is 5. The minimum Gasteiger partial charge on any atom is -0.496 e. The third-order valence-corrected chi connectivity index (χ3v) is 5.63.